The summed E-state index contributed by atoms with van der Waals surface area (Å²) >= 11 is 0. The molecule has 2 amide bonds. The molecule has 2 saturated carbocycles. The fourth-order valence-electron chi connectivity index (χ4n) is 4.35. The van der Waals surface area contributed by atoms with Crippen LogP contribution in [0.25, 0.3) is 0 Å². The first-order chi connectivity index (χ1) is 15.2. The van der Waals surface area contributed by atoms with E-state index < -0.39 is 65.0 Å². The van der Waals surface area contributed by atoms with Crippen molar-refractivity contribution in [2.75, 3.05) is 5.32 Å². The quantitative estimate of drug-likeness (QED) is 0.381. The van der Waals surface area contributed by atoms with E-state index in [4.69, 9.17) is 5.73 Å². The van der Waals surface area contributed by atoms with Crippen LogP contribution in [0.5, 0.6) is 0 Å². The average molecular weight is 473 g/mol. The van der Waals surface area contributed by atoms with Crippen LogP contribution in [-0.4, -0.2) is 27.5 Å². The Morgan fingerprint density at radius 1 is 1.33 bits per heavy atom. The van der Waals surface area contributed by atoms with Crippen LogP contribution in [0.1, 0.15) is 70.8 Å². The van der Waals surface area contributed by atoms with Crippen molar-refractivity contribution in [3.05, 3.63) is 46.2 Å². The van der Waals surface area contributed by atoms with Crippen LogP contribution in [0.2, 0.25) is 0 Å². The molecule has 8 nitrogen and oxygen atoms in total. The highest BCUT2D eigenvalue weighted by molar-refractivity contribution is 6.05. The summed E-state index contributed by atoms with van der Waals surface area (Å²) in [5, 5.41) is 17.9. The van der Waals surface area contributed by atoms with Gasteiger partial charge in [-0.3, -0.25) is 14.3 Å². The topological polar surface area (TPSA) is 117 Å². The van der Waals surface area contributed by atoms with Crippen molar-refractivity contribution in [2.24, 2.45) is 11.1 Å². The minimum atomic E-state index is -4.92. The molecule has 0 saturated heterocycles. The summed E-state index contributed by atoms with van der Waals surface area (Å²) in [5.74, 6) is -5.69. The Morgan fingerprint density at radius 3 is 2.48 bits per heavy atom. The number of nitrogens with two attached hydrogens (primary N) is 1. The molecule has 3 N–H and O–H groups in total. The second-order valence-corrected chi connectivity index (χ2v) is 9.00. The summed E-state index contributed by atoms with van der Waals surface area (Å²) in [6, 6.07) is 2.01. The number of carbonyl (C=O) groups excluding carboxylic acids is 2. The van der Waals surface area contributed by atoms with Crippen molar-refractivity contribution < 1.29 is 36.3 Å². The minimum Gasteiger partial charge on any atom is -0.618 e. The first kappa shape index (κ1) is 22.9. The smallest absolute Gasteiger partial charge is 0.420 e. The number of carbonyl (C=O) groups is 2. The molecule has 0 unspecified atom stereocenters. The summed E-state index contributed by atoms with van der Waals surface area (Å²) in [6.45, 7) is 1.20. The largest absolute Gasteiger partial charge is 0.618 e. The van der Waals surface area contributed by atoms with E-state index in [2.05, 4.69) is 10.4 Å². The third kappa shape index (κ3) is 4.48. The molecule has 178 valence electrons. The third-order valence-corrected chi connectivity index (χ3v) is 5.77. The molecule has 0 aromatic carbocycles. The highest BCUT2D eigenvalue weighted by Gasteiger charge is 2.55. The summed E-state index contributed by atoms with van der Waals surface area (Å²) in [4.78, 5) is 24.4. The van der Waals surface area contributed by atoms with Gasteiger partial charge in [-0.1, -0.05) is 6.92 Å². The Kier molecular flexibility index (Phi) is 5.13. The van der Waals surface area contributed by atoms with Gasteiger partial charge in [-0.2, -0.15) is 23.0 Å². The maximum absolute atomic E-state index is 14.0. The van der Waals surface area contributed by atoms with Gasteiger partial charge in [0.2, 0.25) is 5.92 Å². The zero-order chi connectivity index (χ0) is 24.3. The molecule has 0 atom stereocenters. The van der Waals surface area contributed by atoms with E-state index in [0.717, 1.165) is 23.0 Å². The van der Waals surface area contributed by atoms with Gasteiger partial charge in [-0.25, -0.2) is 8.78 Å². The number of rotatable bonds is 6. The zero-order valence-corrected chi connectivity index (χ0v) is 17.4. The van der Waals surface area contributed by atoms with Gasteiger partial charge in [0, 0.05) is 37.4 Å². The Labute approximate surface area is 184 Å². The normalized spacial score (nSPS) is 19.1. The van der Waals surface area contributed by atoms with E-state index in [0.29, 0.717) is 12.8 Å². The molecule has 2 fully saturated rings. The maximum atomic E-state index is 14.0. The standard InChI is InChI=1S/C20H20F5N5O3/c1-18(7-19(21,22)8-18)9-29-15(13(20(23,24)25)14(28-29)10-2-3-10)17(32)27-11-4-5-30(33)12(6-11)16(26)31/h4-6,10H,2-3,7-9H2,1H3,(H2,26,31)(H,27,32). The highest BCUT2D eigenvalue weighted by atomic mass is 19.4. The third-order valence-electron chi connectivity index (χ3n) is 5.77. The molecule has 0 aliphatic heterocycles. The summed E-state index contributed by atoms with van der Waals surface area (Å²) in [6.07, 6.45) is -4.18. The van der Waals surface area contributed by atoms with Crippen molar-refractivity contribution in [1.82, 2.24) is 9.78 Å². The lowest BCUT2D eigenvalue weighted by molar-refractivity contribution is -0.607. The van der Waals surface area contributed by atoms with Crippen molar-refractivity contribution in [1.29, 1.82) is 0 Å². The van der Waals surface area contributed by atoms with Gasteiger partial charge in [-0.15, -0.1) is 0 Å². The van der Waals surface area contributed by atoms with Crippen LogP contribution in [0, 0.1) is 10.6 Å². The number of nitrogens with zero attached hydrogens (tertiary/aromatic N) is 3. The molecule has 0 radical (unpaired) electrons. The van der Waals surface area contributed by atoms with Crippen molar-refractivity contribution >= 4 is 17.5 Å². The zero-order valence-electron chi connectivity index (χ0n) is 17.4. The number of primary amides is 1. The number of hydrogen-bond acceptors (Lipinski definition) is 4. The van der Waals surface area contributed by atoms with Gasteiger partial charge in [0.15, 0.2) is 6.20 Å². The van der Waals surface area contributed by atoms with Gasteiger partial charge >= 0.3 is 12.1 Å². The number of alkyl halides is 5. The van der Waals surface area contributed by atoms with E-state index in [1.54, 1.807) is 0 Å². The lowest BCUT2D eigenvalue weighted by Gasteiger charge is -2.44. The Bertz CT molecular complexity index is 1130. The molecule has 2 aromatic heterocycles. The lowest BCUT2D eigenvalue weighted by atomic mass is 9.67. The first-order valence-corrected chi connectivity index (χ1v) is 10.1. The summed E-state index contributed by atoms with van der Waals surface area (Å²) in [7, 11) is 0. The van der Waals surface area contributed by atoms with E-state index in [-0.39, 0.29) is 22.7 Å². The molecule has 2 aromatic rings. The number of amides is 2. The van der Waals surface area contributed by atoms with Crippen LogP contribution < -0.4 is 15.8 Å². The van der Waals surface area contributed by atoms with Gasteiger partial charge in [0.1, 0.15) is 11.3 Å². The summed E-state index contributed by atoms with van der Waals surface area (Å²) < 4.78 is 70.0. The van der Waals surface area contributed by atoms with E-state index in [1.165, 1.54) is 6.92 Å². The highest BCUT2D eigenvalue weighted by Crippen LogP contribution is 2.53. The fraction of sp³-hybridized carbons (Fsp3) is 0.500. The number of pyridine rings is 1. The van der Waals surface area contributed by atoms with Gasteiger partial charge in [0.25, 0.3) is 11.6 Å². The molecule has 2 heterocycles. The molecular formula is C20H20F5N5O3. The molecule has 0 spiro atoms. The van der Waals surface area contributed by atoms with Gasteiger partial charge in [0.05, 0.1) is 11.4 Å². The Morgan fingerprint density at radius 2 is 1.97 bits per heavy atom. The molecule has 4 rings (SSSR count). The predicted molar refractivity (Wildman–Crippen MR) is 103 cm³/mol. The Hall–Kier alpha value is -3.25. The van der Waals surface area contributed by atoms with Crippen molar-refractivity contribution in [3.63, 3.8) is 0 Å². The fourth-order valence-corrected chi connectivity index (χ4v) is 4.35. The van der Waals surface area contributed by atoms with Crippen LogP contribution in [0.3, 0.4) is 0 Å². The summed E-state index contributed by atoms with van der Waals surface area (Å²) in [5.41, 5.74) is 1.09. The molecule has 13 heteroatoms. The molecule has 33 heavy (non-hydrogen) atoms. The van der Waals surface area contributed by atoms with Crippen LogP contribution in [0.15, 0.2) is 18.3 Å². The maximum Gasteiger partial charge on any atom is 0.420 e. The predicted octanol–water partition coefficient (Wildman–Crippen LogP) is 3.20. The second kappa shape index (κ2) is 7.39. The van der Waals surface area contributed by atoms with Crippen molar-refractivity contribution in [3.8, 4) is 0 Å². The molecule has 2 aliphatic carbocycles. The SMILES string of the molecule is CC1(Cn2nc(C3CC3)c(C(F)(F)F)c2C(=O)Nc2cc[n+]([O-])c(C(N)=O)c2)CC(F)(F)C1. The number of halogens is 5. The van der Waals surface area contributed by atoms with Crippen LogP contribution in [-0.2, 0) is 12.7 Å². The van der Waals surface area contributed by atoms with Gasteiger partial charge in [-0.05, 0) is 18.3 Å². The number of anilines is 1. The van der Waals surface area contributed by atoms with E-state index >= 15 is 0 Å². The number of aromatic nitrogens is 3. The average Bonchev–Trinajstić information content (AvgIpc) is 3.41. The number of nitrogens with one attached hydrogen (secondary N) is 1. The molecular weight excluding hydrogens is 453 g/mol. The first-order valence-electron chi connectivity index (χ1n) is 10.1. The van der Waals surface area contributed by atoms with Crippen LogP contribution in [0.4, 0.5) is 27.6 Å². The lowest BCUT2D eigenvalue weighted by Crippen LogP contribution is -2.47. The molecule has 0 bridgehead atoms. The Balaban J connectivity index is 1.74. The second-order valence-electron chi connectivity index (χ2n) is 9.00. The van der Waals surface area contributed by atoms with Gasteiger partial charge < -0.3 is 16.3 Å². The molecule has 2 aliphatic rings. The van der Waals surface area contributed by atoms with E-state index in [9.17, 15) is 36.7 Å². The van der Waals surface area contributed by atoms with E-state index in [1.807, 2.05) is 0 Å². The minimum absolute atomic E-state index is 0.142. The number of hydrogen-bond donors (Lipinski definition) is 2. The van der Waals surface area contributed by atoms with Crippen LogP contribution >= 0.6 is 0 Å². The van der Waals surface area contributed by atoms with Crippen molar-refractivity contribution in [2.45, 2.75) is 57.2 Å². The monoisotopic (exact) mass is 473 g/mol.